The Labute approximate surface area is 99.1 Å². The molecule has 0 bridgehead atoms. The zero-order valence-corrected chi connectivity index (χ0v) is 10.3. The number of hydrogen-bond acceptors (Lipinski definition) is 2. The van der Waals surface area contributed by atoms with Gasteiger partial charge in [0, 0.05) is 5.41 Å². The largest absolute Gasteiger partial charge is 0.396 e. The Kier molecular flexibility index (Phi) is 4.26. The summed E-state index contributed by atoms with van der Waals surface area (Å²) in [5, 5.41) is 19.4. The van der Waals surface area contributed by atoms with Crippen molar-refractivity contribution in [2.24, 2.45) is 17.3 Å². The number of hydrogen-bond donors (Lipinski definition) is 2. The van der Waals surface area contributed by atoms with Crippen LogP contribution in [-0.4, -0.2) is 23.4 Å². The highest BCUT2D eigenvalue weighted by Gasteiger charge is 2.43. The van der Waals surface area contributed by atoms with Crippen molar-refractivity contribution >= 4 is 0 Å². The number of aliphatic hydroxyl groups is 2. The van der Waals surface area contributed by atoms with Gasteiger partial charge in [-0.15, -0.1) is 0 Å². The smallest absolute Gasteiger partial charge is 0.0512 e. The predicted molar refractivity (Wildman–Crippen MR) is 65.1 cm³/mol. The molecule has 0 aromatic heterocycles. The quantitative estimate of drug-likeness (QED) is 0.777. The minimum atomic E-state index is -0.153. The molecule has 0 amide bonds. The zero-order valence-electron chi connectivity index (χ0n) is 10.3. The molecule has 2 rings (SSSR count). The Bertz CT molecular complexity index is 205. The summed E-state index contributed by atoms with van der Waals surface area (Å²) in [6.45, 7) is 0.370. The summed E-state index contributed by atoms with van der Waals surface area (Å²) >= 11 is 0. The van der Waals surface area contributed by atoms with Crippen LogP contribution in [0, 0.1) is 17.3 Å². The lowest BCUT2D eigenvalue weighted by Crippen LogP contribution is -2.44. The number of rotatable bonds is 3. The highest BCUT2D eigenvalue weighted by Crippen LogP contribution is 2.48. The fourth-order valence-corrected chi connectivity index (χ4v) is 4.05. The van der Waals surface area contributed by atoms with E-state index in [-0.39, 0.29) is 18.6 Å². The summed E-state index contributed by atoms with van der Waals surface area (Å²) < 4.78 is 0. The maximum atomic E-state index is 9.68. The van der Waals surface area contributed by atoms with E-state index in [1.54, 1.807) is 0 Å². The maximum Gasteiger partial charge on any atom is 0.0512 e. The van der Waals surface area contributed by atoms with E-state index in [0.29, 0.717) is 5.92 Å². The van der Waals surface area contributed by atoms with Gasteiger partial charge in [0.25, 0.3) is 0 Å². The van der Waals surface area contributed by atoms with Gasteiger partial charge in [0.05, 0.1) is 13.2 Å². The molecule has 0 aromatic rings. The Morgan fingerprint density at radius 3 is 2.06 bits per heavy atom. The molecule has 0 radical (unpaired) electrons. The van der Waals surface area contributed by atoms with Crippen molar-refractivity contribution in [2.75, 3.05) is 13.2 Å². The fourth-order valence-electron chi connectivity index (χ4n) is 4.05. The molecule has 2 heteroatoms. The van der Waals surface area contributed by atoms with E-state index in [9.17, 15) is 10.2 Å². The van der Waals surface area contributed by atoms with Crippen molar-refractivity contribution in [1.82, 2.24) is 0 Å². The third kappa shape index (κ3) is 2.28. The lowest BCUT2D eigenvalue weighted by molar-refractivity contribution is -0.0544. The van der Waals surface area contributed by atoms with Gasteiger partial charge in [-0.2, -0.15) is 0 Å². The second-order valence-electron chi connectivity index (χ2n) is 5.93. The van der Waals surface area contributed by atoms with Crippen molar-refractivity contribution in [2.45, 2.75) is 57.8 Å². The predicted octanol–water partition coefficient (Wildman–Crippen LogP) is 2.73. The van der Waals surface area contributed by atoms with Gasteiger partial charge in [0.15, 0.2) is 0 Å². The lowest BCUT2D eigenvalue weighted by atomic mass is 9.60. The Balaban J connectivity index is 2.08. The standard InChI is InChI=1S/C14H26O2/c15-10-14(11-16)9-5-4-8-13(14)12-6-2-1-3-7-12/h12-13,15-16H,1-11H2. The first-order chi connectivity index (χ1) is 7.82. The van der Waals surface area contributed by atoms with Crippen molar-refractivity contribution in [3.63, 3.8) is 0 Å². The van der Waals surface area contributed by atoms with E-state index in [4.69, 9.17) is 0 Å². The molecular formula is C14H26O2. The molecule has 2 aliphatic carbocycles. The van der Waals surface area contributed by atoms with Crippen LogP contribution in [-0.2, 0) is 0 Å². The van der Waals surface area contributed by atoms with Gasteiger partial charge in [0.2, 0.25) is 0 Å². The van der Waals surface area contributed by atoms with Crippen LogP contribution < -0.4 is 0 Å². The van der Waals surface area contributed by atoms with E-state index < -0.39 is 0 Å². The normalized spacial score (nSPS) is 31.5. The highest BCUT2D eigenvalue weighted by molar-refractivity contribution is 4.93. The molecule has 0 aliphatic heterocycles. The Morgan fingerprint density at radius 2 is 1.44 bits per heavy atom. The highest BCUT2D eigenvalue weighted by atomic mass is 16.3. The second-order valence-corrected chi connectivity index (χ2v) is 5.93. The fraction of sp³-hybridized carbons (Fsp3) is 1.00. The minimum absolute atomic E-state index is 0.153. The van der Waals surface area contributed by atoms with Crippen molar-refractivity contribution in [1.29, 1.82) is 0 Å². The first-order valence-corrected chi connectivity index (χ1v) is 7.04. The Hall–Kier alpha value is -0.0800. The second kappa shape index (κ2) is 5.50. The van der Waals surface area contributed by atoms with E-state index in [2.05, 4.69) is 0 Å². The average Bonchev–Trinajstić information content (AvgIpc) is 2.39. The Morgan fingerprint density at radius 1 is 0.812 bits per heavy atom. The molecular weight excluding hydrogens is 200 g/mol. The van der Waals surface area contributed by atoms with Crippen LogP contribution in [0.3, 0.4) is 0 Å². The van der Waals surface area contributed by atoms with Gasteiger partial charge in [-0.3, -0.25) is 0 Å². The molecule has 1 unspecified atom stereocenters. The molecule has 16 heavy (non-hydrogen) atoms. The monoisotopic (exact) mass is 226 g/mol. The van der Waals surface area contributed by atoms with Gasteiger partial charge in [-0.05, 0) is 24.7 Å². The molecule has 0 aromatic carbocycles. The molecule has 0 spiro atoms. The van der Waals surface area contributed by atoms with Crippen LogP contribution >= 0.6 is 0 Å². The first-order valence-electron chi connectivity index (χ1n) is 7.04. The minimum Gasteiger partial charge on any atom is -0.396 e. The SMILES string of the molecule is OCC1(CO)CCCCC1C1CCCCC1. The third-order valence-electron chi connectivity index (χ3n) is 5.08. The zero-order chi connectivity index (χ0) is 11.4. The summed E-state index contributed by atoms with van der Waals surface area (Å²) in [4.78, 5) is 0. The van der Waals surface area contributed by atoms with Crippen molar-refractivity contribution < 1.29 is 10.2 Å². The van der Waals surface area contributed by atoms with Crippen LogP contribution in [0.2, 0.25) is 0 Å². The van der Waals surface area contributed by atoms with E-state index >= 15 is 0 Å². The van der Waals surface area contributed by atoms with Crippen LogP contribution in [0.1, 0.15) is 57.8 Å². The average molecular weight is 226 g/mol. The van der Waals surface area contributed by atoms with Crippen LogP contribution in [0.25, 0.3) is 0 Å². The summed E-state index contributed by atoms with van der Waals surface area (Å²) in [5.41, 5.74) is -0.153. The molecule has 0 saturated heterocycles. The van der Waals surface area contributed by atoms with Gasteiger partial charge in [0.1, 0.15) is 0 Å². The van der Waals surface area contributed by atoms with Gasteiger partial charge >= 0.3 is 0 Å². The van der Waals surface area contributed by atoms with E-state index in [0.717, 1.165) is 12.3 Å². The summed E-state index contributed by atoms with van der Waals surface area (Å²) in [5.74, 6) is 1.35. The molecule has 2 fully saturated rings. The number of aliphatic hydroxyl groups excluding tert-OH is 2. The van der Waals surface area contributed by atoms with Crippen molar-refractivity contribution in [3.05, 3.63) is 0 Å². The molecule has 2 saturated carbocycles. The topological polar surface area (TPSA) is 40.5 Å². The maximum absolute atomic E-state index is 9.68. The molecule has 2 N–H and O–H groups in total. The summed E-state index contributed by atoms with van der Waals surface area (Å²) in [6, 6.07) is 0. The molecule has 1 atom stereocenters. The van der Waals surface area contributed by atoms with Crippen LogP contribution in [0.15, 0.2) is 0 Å². The summed E-state index contributed by atoms with van der Waals surface area (Å²) in [6.07, 6.45) is 11.5. The van der Waals surface area contributed by atoms with E-state index in [1.807, 2.05) is 0 Å². The summed E-state index contributed by atoms with van der Waals surface area (Å²) in [7, 11) is 0. The van der Waals surface area contributed by atoms with Crippen molar-refractivity contribution in [3.8, 4) is 0 Å². The van der Waals surface area contributed by atoms with Crippen LogP contribution in [0.5, 0.6) is 0 Å². The molecule has 94 valence electrons. The lowest BCUT2D eigenvalue weighted by Gasteiger charge is -2.46. The third-order valence-corrected chi connectivity index (χ3v) is 5.08. The van der Waals surface area contributed by atoms with Gasteiger partial charge in [-0.1, -0.05) is 44.9 Å². The molecule has 2 aliphatic rings. The van der Waals surface area contributed by atoms with Gasteiger partial charge in [-0.25, -0.2) is 0 Å². The van der Waals surface area contributed by atoms with Gasteiger partial charge < -0.3 is 10.2 Å². The van der Waals surface area contributed by atoms with E-state index in [1.165, 1.54) is 51.4 Å². The first kappa shape index (κ1) is 12.4. The molecule has 0 heterocycles. The molecule has 2 nitrogen and oxygen atoms in total. The van der Waals surface area contributed by atoms with Crippen LogP contribution in [0.4, 0.5) is 0 Å².